The third kappa shape index (κ3) is 3.19. The third-order valence-electron chi connectivity index (χ3n) is 5.21. The van der Waals surface area contributed by atoms with Crippen LogP contribution < -0.4 is 5.32 Å². The van der Waals surface area contributed by atoms with Crippen molar-refractivity contribution in [3.05, 3.63) is 64.2 Å². The number of anilines is 1. The predicted octanol–water partition coefficient (Wildman–Crippen LogP) is 5.15. The van der Waals surface area contributed by atoms with Crippen LogP contribution in [-0.2, 0) is 9.47 Å². The van der Waals surface area contributed by atoms with Gasteiger partial charge in [-0.3, -0.25) is 0 Å². The fourth-order valence-corrected chi connectivity index (χ4v) is 4.14. The standard InChI is InChI=1S/C21H22ClNO3/c1-2-25-21(24)14-7-10-18-17(12-14)20-16(4-3-11-26-20)19(23-18)13-5-8-15(22)9-6-13/h5-10,12,16,19-20,23H,2-4,11H2,1H3/t16-,19+,20-/m1/s1. The van der Waals surface area contributed by atoms with Crippen molar-refractivity contribution < 1.29 is 14.3 Å². The van der Waals surface area contributed by atoms with E-state index in [0.717, 1.165) is 35.7 Å². The highest BCUT2D eigenvalue weighted by atomic mass is 35.5. The second kappa shape index (κ2) is 7.29. The summed E-state index contributed by atoms with van der Waals surface area (Å²) in [5.41, 5.74) is 3.84. The number of esters is 1. The van der Waals surface area contributed by atoms with Crippen LogP contribution in [0, 0.1) is 5.92 Å². The Balaban J connectivity index is 1.71. The molecule has 0 bridgehead atoms. The quantitative estimate of drug-likeness (QED) is 0.758. The van der Waals surface area contributed by atoms with Crippen molar-refractivity contribution in [1.82, 2.24) is 0 Å². The van der Waals surface area contributed by atoms with Gasteiger partial charge in [0.2, 0.25) is 0 Å². The van der Waals surface area contributed by atoms with E-state index in [1.807, 2.05) is 37.3 Å². The van der Waals surface area contributed by atoms with Gasteiger partial charge in [0.1, 0.15) is 0 Å². The van der Waals surface area contributed by atoms with Gasteiger partial charge < -0.3 is 14.8 Å². The van der Waals surface area contributed by atoms with E-state index in [4.69, 9.17) is 21.1 Å². The molecule has 1 N–H and O–H groups in total. The zero-order valence-corrected chi connectivity index (χ0v) is 15.5. The topological polar surface area (TPSA) is 47.6 Å². The molecule has 1 saturated heterocycles. The number of hydrogen-bond donors (Lipinski definition) is 1. The minimum Gasteiger partial charge on any atom is -0.462 e. The summed E-state index contributed by atoms with van der Waals surface area (Å²) < 4.78 is 11.3. The van der Waals surface area contributed by atoms with Gasteiger partial charge in [-0.2, -0.15) is 0 Å². The fourth-order valence-electron chi connectivity index (χ4n) is 4.01. The van der Waals surface area contributed by atoms with Crippen molar-refractivity contribution in [3.63, 3.8) is 0 Å². The molecule has 0 unspecified atom stereocenters. The molecule has 0 aliphatic carbocycles. The number of carbonyl (C=O) groups excluding carboxylic acids is 1. The molecule has 5 heteroatoms. The summed E-state index contributed by atoms with van der Waals surface area (Å²) in [4.78, 5) is 12.1. The Morgan fingerprint density at radius 1 is 1.27 bits per heavy atom. The smallest absolute Gasteiger partial charge is 0.338 e. The van der Waals surface area contributed by atoms with Gasteiger partial charge in [-0.1, -0.05) is 23.7 Å². The lowest BCUT2D eigenvalue weighted by Crippen LogP contribution is -2.36. The van der Waals surface area contributed by atoms with Crippen LogP contribution in [0.25, 0.3) is 0 Å². The largest absolute Gasteiger partial charge is 0.462 e. The first-order chi connectivity index (χ1) is 12.7. The summed E-state index contributed by atoms with van der Waals surface area (Å²) in [6.07, 6.45) is 2.10. The highest BCUT2D eigenvalue weighted by Crippen LogP contribution is 2.49. The zero-order valence-electron chi connectivity index (χ0n) is 14.7. The molecule has 3 atom stereocenters. The highest BCUT2D eigenvalue weighted by Gasteiger charge is 2.40. The predicted molar refractivity (Wildman–Crippen MR) is 102 cm³/mol. The molecule has 0 amide bonds. The SMILES string of the molecule is CCOC(=O)c1ccc2c(c1)[C@@H]1OCCC[C@@H]1[C@H](c1ccc(Cl)cc1)N2. The van der Waals surface area contributed by atoms with Gasteiger partial charge in [-0.05, 0) is 55.7 Å². The number of benzene rings is 2. The van der Waals surface area contributed by atoms with Crippen LogP contribution >= 0.6 is 11.6 Å². The molecule has 0 radical (unpaired) electrons. The Hall–Kier alpha value is -2.04. The van der Waals surface area contributed by atoms with Crippen LogP contribution in [0.2, 0.25) is 5.02 Å². The van der Waals surface area contributed by atoms with E-state index < -0.39 is 0 Å². The fraction of sp³-hybridized carbons (Fsp3) is 0.381. The van der Waals surface area contributed by atoms with Crippen molar-refractivity contribution >= 4 is 23.3 Å². The minimum absolute atomic E-state index is 0.0185. The molecule has 4 rings (SSSR count). The van der Waals surface area contributed by atoms with Crippen LogP contribution in [0.5, 0.6) is 0 Å². The number of nitrogens with one attached hydrogen (secondary N) is 1. The van der Waals surface area contributed by atoms with E-state index in [1.54, 1.807) is 0 Å². The number of fused-ring (bicyclic) bond motifs is 3. The number of ether oxygens (including phenoxy) is 2. The molecule has 2 aliphatic heterocycles. The maximum absolute atomic E-state index is 12.1. The molecule has 1 fully saturated rings. The third-order valence-corrected chi connectivity index (χ3v) is 5.46. The molecule has 0 saturated carbocycles. The van der Waals surface area contributed by atoms with Crippen LogP contribution in [0.15, 0.2) is 42.5 Å². The van der Waals surface area contributed by atoms with E-state index in [9.17, 15) is 4.79 Å². The molecule has 4 nitrogen and oxygen atoms in total. The second-order valence-electron chi connectivity index (χ2n) is 6.79. The van der Waals surface area contributed by atoms with Crippen molar-refractivity contribution in [2.75, 3.05) is 18.5 Å². The van der Waals surface area contributed by atoms with E-state index in [-0.39, 0.29) is 18.1 Å². The van der Waals surface area contributed by atoms with Crippen LogP contribution in [0.4, 0.5) is 5.69 Å². The molecular weight excluding hydrogens is 350 g/mol. The Morgan fingerprint density at radius 2 is 2.08 bits per heavy atom. The van der Waals surface area contributed by atoms with Crippen molar-refractivity contribution in [1.29, 1.82) is 0 Å². The maximum Gasteiger partial charge on any atom is 0.338 e. The number of carbonyl (C=O) groups is 1. The van der Waals surface area contributed by atoms with Crippen molar-refractivity contribution in [3.8, 4) is 0 Å². The highest BCUT2D eigenvalue weighted by molar-refractivity contribution is 6.30. The molecule has 0 spiro atoms. The lowest BCUT2D eigenvalue weighted by atomic mass is 9.77. The molecule has 136 valence electrons. The summed E-state index contributed by atoms with van der Waals surface area (Å²) in [6, 6.07) is 13.9. The Morgan fingerprint density at radius 3 is 2.85 bits per heavy atom. The average Bonchev–Trinajstić information content (AvgIpc) is 2.68. The van der Waals surface area contributed by atoms with Gasteiger partial charge in [0.15, 0.2) is 0 Å². The van der Waals surface area contributed by atoms with E-state index in [2.05, 4.69) is 17.4 Å². The summed E-state index contributed by atoms with van der Waals surface area (Å²) in [7, 11) is 0. The zero-order chi connectivity index (χ0) is 18.1. The molecular formula is C21H22ClNO3. The van der Waals surface area contributed by atoms with E-state index >= 15 is 0 Å². The van der Waals surface area contributed by atoms with Crippen molar-refractivity contribution in [2.45, 2.75) is 31.9 Å². The molecule has 2 heterocycles. The first-order valence-corrected chi connectivity index (χ1v) is 9.50. The second-order valence-corrected chi connectivity index (χ2v) is 7.23. The van der Waals surface area contributed by atoms with Gasteiger partial charge in [0.05, 0.1) is 24.3 Å². The van der Waals surface area contributed by atoms with Crippen LogP contribution in [0.3, 0.4) is 0 Å². The summed E-state index contributed by atoms with van der Waals surface area (Å²) >= 11 is 6.05. The van der Waals surface area contributed by atoms with Gasteiger partial charge in [-0.15, -0.1) is 0 Å². The molecule has 2 aliphatic rings. The number of hydrogen-bond acceptors (Lipinski definition) is 4. The maximum atomic E-state index is 12.1. The summed E-state index contributed by atoms with van der Waals surface area (Å²) in [5.74, 6) is 0.0253. The molecule has 0 aromatic heterocycles. The van der Waals surface area contributed by atoms with Crippen LogP contribution in [-0.4, -0.2) is 19.2 Å². The first kappa shape index (κ1) is 17.4. The molecule has 2 aromatic rings. The number of halogens is 1. The van der Waals surface area contributed by atoms with Gasteiger partial charge in [0, 0.05) is 28.8 Å². The van der Waals surface area contributed by atoms with Crippen molar-refractivity contribution in [2.24, 2.45) is 5.92 Å². The van der Waals surface area contributed by atoms with Crippen LogP contribution in [0.1, 0.15) is 53.4 Å². The van der Waals surface area contributed by atoms with Gasteiger partial charge >= 0.3 is 5.97 Å². The van der Waals surface area contributed by atoms with E-state index in [0.29, 0.717) is 18.1 Å². The monoisotopic (exact) mass is 371 g/mol. The summed E-state index contributed by atoms with van der Waals surface area (Å²) in [5, 5.41) is 4.39. The average molecular weight is 372 g/mol. The first-order valence-electron chi connectivity index (χ1n) is 9.12. The lowest BCUT2D eigenvalue weighted by molar-refractivity contribution is -0.0381. The Bertz CT molecular complexity index is 805. The normalized spacial score (nSPS) is 24.2. The molecule has 2 aromatic carbocycles. The van der Waals surface area contributed by atoms with Gasteiger partial charge in [0.25, 0.3) is 0 Å². The lowest BCUT2D eigenvalue weighted by Gasteiger charge is -2.43. The number of rotatable bonds is 3. The Labute approximate surface area is 158 Å². The summed E-state index contributed by atoms with van der Waals surface area (Å²) in [6.45, 7) is 2.93. The van der Waals surface area contributed by atoms with E-state index in [1.165, 1.54) is 5.56 Å². The van der Waals surface area contributed by atoms with Gasteiger partial charge in [-0.25, -0.2) is 4.79 Å². The molecule has 26 heavy (non-hydrogen) atoms. The Kier molecular flexibility index (Phi) is 4.88. The minimum atomic E-state index is -0.289.